The van der Waals surface area contributed by atoms with E-state index in [1.807, 2.05) is 12.1 Å². The lowest BCUT2D eigenvalue weighted by molar-refractivity contribution is -0.402. The lowest BCUT2D eigenvalue weighted by atomic mass is 10.2. The van der Waals surface area contributed by atoms with E-state index in [1.54, 1.807) is 24.5 Å². The van der Waals surface area contributed by atoms with E-state index in [4.69, 9.17) is 4.42 Å². The molecule has 0 amide bonds. The Kier molecular flexibility index (Phi) is 4.93. The SMILES string of the molecule is O=[N+]([O-])c1ccc(C=Cc2nc(NCc3cccnc3)c3ccc(F)cc3n2)o1. The molecule has 0 unspecified atom stereocenters. The number of pyridine rings is 1. The smallest absolute Gasteiger partial charge is 0.401 e. The van der Waals surface area contributed by atoms with Crippen molar-refractivity contribution in [3.8, 4) is 0 Å². The molecule has 0 aliphatic carbocycles. The first kappa shape index (κ1) is 18.2. The summed E-state index contributed by atoms with van der Waals surface area (Å²) in [6, 6.07) is 10.8. The molecule has 3 aromatic heterocycles. The number of aromatic nitrogens is 3. The molecule has 29 heavy (non-hydrogen) atoms. The van der Waals surface area contributed by atoms with Crippen LogP contribution in [-0.2, 0) is 6.54 Å². The van der Waals surface area contributed by atoms with Crippen molar-refractivity contribution in [2.24, 2.45) is 0 Å². The number of anilines is 1. The van der Waals surface area contributed by atoms with Gasteiger partial charge >= 0.3 is 5.88 Å². The second kappa shape index (κ2) is 7.85. The molecule has 4 rings (SSSR count). The maximum Gasteiger partial charge on any atom is 0.433 e. The molecule has 1 aromatic carbocycles. The molecule has 0 spiro atoms. The Bertz CT molecular complexity index is 1210. The molecule has 0 saturated carbocycles. The van der Waals surface area contributed by atoms with Gasteiger partial charge in [-0.1, -0.05) is 6.07 Å². The summed E-state index contributed by atoms with van der Waals surface area (Å²) in [6.07, 6.45) is 6.48. The molecule has 0 fully saturated rings. The van der Waals surface area contributed by atoms with E-state index in [9.17, 15) is 14.5 Å². The molecular formula is C20H14FN5O3. The summed E-state index contributed by atoms with van der Waals surface area (Å²) in [5, 5.41) is 14.6. The van der Waals surface area contributed by atoms with Crippen LogP contribution in [0.4, 0.5) is 16.1 Å². The Hall–Kier alpha value is -4.14. The summed E-state index contributed by atoms with van der Waals surface area (Å²) in [6.45, 7) is 0.477. The molecule has 0 saturated heterocycles. The average molecular weight is 391 g/mol. The maximum atomic E-state index is 13.7. The van der Waals surface area contributed by atoms with Crippen LogP contribution >= 0.6 is 0 Å². The molecule has 144 valence electrons. The summed E-state index contributed by atoms with van der Waals surface area (Å²) in [5.74, 6) is 0.347. The first-order chi connectivity index (χ1) is 14.1. The van der Waals surface area contributed by atoms with Crippen molar-refractivity contribution in [1.82, 2.24) is 15.0 Å². The quantitative estimate of drug-likeness (QED) is 0.382. The number of rotatable bonds is 6. The van der Waals surface area contributed by atoms with Gasteiger partial charge in [0, 0.05) is 30.4 Å². The van der Waals surface area contributed by atoms with Gasteiger partial charge in [0.05, 0.1) is 11.6 Å². The minimum Gasteiger partial charge on any atom is -0.401 e. The van der Waals surface area contributed by atoms with Gasteiger partial charge in [-0.2, -0.15) is 0 Å². The number of nitro groups is 1. The van der Waals surface area contributed by atoms with Gasteiger partial charge in [0.2, 0.25) is 0 Å². The average Bonchev–Trinajstić information content (AvgIpc) is 3.20. The lowest BCUT2D eigenvalue weighted by Gasteiger charge is -2.10. The highest BCUT2D eigenvalue weighted by Crippen LogP contribution is 2.23. The Morgan fingerprint density at radius 2 is 2.07 bits per heavy atom. The third-order valence-electron chi connectivity index (χ3n) is 4.05. The van der Waals surface area contributed by atoms with E-state index in [0.29, 0.717) is 29.1 Å². The summed E-state index contributed by atoms with van der Waals surface area (Å²) in [5.41, 5.74) is 1.39. The Morgan fingerprint density at radius 3 is 2.83 bits per heavy atom. The molecule has 3 heterocycles. The fourth-order valence-electron chi connectivity index (χ4n) is 2.71. The van der Waals surface area contributed by atoms with Crippen molar-refractivity contribution in [2.45, 2.75) is 6.54 Å². The summed E-state index contributed by atoms with van der Waals surface area (Å²) in [4.78, 5) is 23.0. The summed E-state index contributed by atoms with van der Waals surface area (Å²) < 4.78 is 18.8. The minimum absolute atomic E-state index is 0.282. The van der Waals surface area contributed by atoms with Crippen molar-refractivity contribution < 1.29 is 13.7 Å². The Morgan fingerprint density at radius 1 is 1.17 bits per heavy atom. The van der Waals surface area contributed by atoms with Gasteiger partial charge < -0.3 is 9.73 Å². The predicted molar refractivity (Wildman–Crippen MR) is 105 cm³/mol. The number of hydrogen-bond donors (Lipinski definition) is 1. The zero-order valence-corrected chi connectivity index (χ0v) is 14.9. The van der Waals surface area contributed by atoms with Crippen LogP contribution in [0.15, 0.2) is 59.3 Å². The van der Waals surface area contributed by atoms with Gasteiger partial charge in [0.15, 0.2) is 5.82 Å². The molecule has 8 nitrogen and oxygen atoms in total. The van der Waals surface area contributed by atoms with Crippen LogP contribution in [0.25, 0.3) is 23.1 Å². The number of nitrogens with zero attached hydrogens (tertiary/aromatic N) is 4. The highest BCUT2D eigenvalue weighted by Gasteiger charge is 2.11. The topological polar surface area (TPSA) is 107 Å². The van der Waals surface area contributed by atoms with E-state index in [2.05, 4.69) is 20.3 Å². The predicted octanol–water partition coefficient (Wildman–Crippen LogP) is 4.45. The molecule has 1 N–H and O–H groups in total. The molecule has 0 aliphatic rings. The number of nitrogens with one attached hydrogen (secondary N) is 1. The first-order valence-corrected chi connectivity index (χ1v) is 8.61. The first-order valence-electron chi connectivity index (χ1n) is 8.61. The zero-order valence-electron chi connectivity index (χ0n) is 14.9. The zero-order chi connectivity index (χ0) is 20.2. The van der Waals surface area contributed by atoms with Crippen molar-refractivity contribution >= 4 is 34.8 Å². The van der Waals surface area contributed by atoms with Crippen molar-refractivity contribution in [3.63, 3.8) is 0 Å². The minimum atomic E-state index is -0.618. The van der Waals surface area contributed by atoms with Gasteiger partial charge in [0.25, 0.3) is 0 Å². The second-order valence-electron chi connectivity index (χ2n) is 6.07. The van der Waals surface area contributed by atoms with E-state index >= 15 is 0 Å². The number of halogens is 1. The third-order valence-corrected chi connectivity index (χ3v) is 4.05. The Labute approximate surface area is 163 Å². The van der Waals surface area contributed by atoms with E-state index in [0.717, 1.165) is 5.56 Å². The number of fused-ring (bicyclic) bond motifs is 1. The molecule has 0 radical (unpaired) electrons. The van der Waals surface area contributed by atoms with Gasteiger partial charge in [-0.3, -0.25) is 15.1 Å². The summed E-state index contributed by atoms with van der Waals surface area (Å²) >= 11 is 0. The molecular weight excluding hydrogens is 377 g/mol. The monoisotopic (exact) mass is 391 g/mol. The number of benzene rings is 1. The maximum absolute atomic E-state index is 13.7. The normalized spacial score (nSPS) is 11.2. The summed E-state index contributed by atoms with van der Waals surface area (Å²) in [7, 11) is 0. The van der Waals surface area contributed by atoms with E-state index < -0.39 is 10.7 Å². The van der Waals surface area contributed by atoms with Gasteiger partial charge in [-0.05, 0) is 42.0 Å². The van der Waals surface area contributed by atoms with Gasteiger partial charge in [0.1, 0.15) is 22.3 Å². The Balaban J connectivity index is 1.66. The molecule has 4 aromatic rings. The largest absolute Gasteiger partial charge is 0.433 e. The molecule has 0 bridgehead atoms. The second-order valence-corrected chi connectivity index (χ2v) is 6.07. The van der Waals surface area contributed by atoms with Gasteiger partial charge in [-0.15, -0.1) is 0 Å². The number of hydrogen-bond acceptors (Lipinski definition) is 7. The van der Waals surface area contributed by atoms with Crippen molar-refractivity contribution in [1.29, 1.82) is 0 Å². The third kappa shape index (κ3) is 4.24. The van der Waals surface area contributed by atoms with E-state index in [1.165, 1.54) is 30.3 Å². The highest BCUT2D eigenvalue weighted by molar-refractivity contribution is 5.90. The number of furan rings is 1. The van der Waals surface area contributed by atoms with Crippen LogP contribution in [0.5, 0.6) is 0 Å². The van der Waals surface area contributed by atoms with Crippen LogP contribution in [-0.4, -0.2) is 19.9 Å². The van der Waals surface area contributed by atoms with Crippen LogP contribution in [0.2, 0.25) is 0 Å². The highest BCUT2D eigenvalue weighted by atomic mass is 19.1. The van der Waals surface area contributed by atoms with Crippen LogP contribution in [0.1, 0.15) is 17.1 Å². The van der Waals surface area contributed by atoms with Crippen LogP contribution in [0, 0.1) is 15.9 Å². The van der Waals surface area contributed by atoms with E-state index in [-0.39, 0.29) is 11.6 Å². The lowest BCUT2D eigenvalue weighted by Crippen LogP contribution is -2.04. The fraction of sp³-hybridized carbons (Fsp3) is 0.0500. The van der Waals surface area contributed by atoms with Crippen molar-refractivity contribution in [3.05, 3.63) is 87.9 Å². The van der Waals surface area contributed by atoms with Crippen LogP contribution < -0.4 is 5.32 Å². The van der Waals surface area contributed by atoms with Crippen molar-refractivity contribution in [2.75, 3.05) is 5.32 Å². The standard InChI is InChI=1S/C20H14FN5O3/c21-14-3-6-16-17(10-14)24-18(7-4-15-5-8-19(29-15)26(27)28)25-20(16)23-12-13-2-1-9-22-11-13/h1-11H,12H2,(H,23,24,25). The molecule has 9 heteroatoms. The van der Waals surface area contributed by atoms with Crippen LogP contribution in [0.3, 0.4) is 0 Å². The fourth-order valence-corrected chi connectivity index (χ4v) is 2.71. The molecule has 0 atom stereocenters. The van der Waals surface area contributed by atoms with Gasteiger partial charge in [-0.25, -0.2) is 14.4 Å². The molecule has 0 aliphatic heterocycles.